The Labute approximate surface area is 264 Å². The molecule has 2 aliphatic heterocycles. The first-order chi connectivity index (χ1) is 21.2. The molecule has 44 heavy (non-hydrogen) atoms. The van der Waals surface area contributed by atoms with E-state index in [-0.39, 0.29) is 0 Å². The summed E-state index contributed by atoms with van der Waals surface area (Å²) in [6.07, 6.45) is 10.5. The Bertz CT molecular complexity index is 2050. The molecule has 0 bridgehead atoms. The van der Waals surface area contributed by atoms with Crippen LogP contribution in [0.1, 0.15) is 53.1 Å². The van der Waals surface area contributed by atoms with Crippen LogP contribution in [0.5, 0.6) is 0 Å². The monoisotopic (exact) mass is 594 g/mol. The van der Waals surface area contributed by atoms with Crippen molar-refractivity contribution in [2.24, 2.45) is 9.98 Å². The Kier molecular flexibility index (Phi) is 8.15. The van der Waals surface area contributed by atoms with Crippen molar-refractivity contribution in [2.75, 3.05) is 12.8 Å². The first kappa shape index (κ1) is 29.5. The van der Waals surface area contributed by atoms with E-state index in [1.54, 1.807) is 11.8 Å². The molecule has 0 spiro atoms. The van der Waals surface area contributed by atoms with E-state index < -0.39 is 0 Å². The number of hydrogen-bond donors (Lipinski definition) is 2. The van der Waals surface area contributed by atoms with Crippen LogP contribution >= 0.6 is 11.8 Å². The third-order valence-electron chi connectivity index (χ3n) is 8.45. The van der Waals surface area contributed by atoms with Gasteiger partial charge in [-0.05, 0) is 129 Å². The van der Waals surface area contributed by atoms with E-state index in [1.165, 1.54) is 27.1 Å². The molecule has 220 valence electrons. The summed E-state index contributed by atoms with van der Waals surface area (Å²) in [5.74, 6) is 0. The maximum atomic E-state index is 4.93. The zero-order valence-corrected chi connectivity index (χ0v) is 27.1. The third-order valence-corrected chi connectivity index (χ3v) is 9.19. The minimum Gasteiger partial charge on any atom is -0.355 e. The molecule has 0 saturated heterocycles. The maximum Gasteiger partial charge on any atom is 0.0710 e. The number of thioether (sulfide) groups is 1. The number of aryl methyl sites for hydroxylation is 3. The normalized spacial score (nSPS) is 16.7. The average Bonchev–Trinajstić information content (AvgIpc) is 3.85. The molecule has 2 aromatic heterocycles. The highest BCUT2D eigenvalue weighted by Crippen LogP contribution is 2.29. The summed E-state index contributed by atoms with van der Waals surface area (Å²) in [4.78, 5) is 18.4. The van der Waals surface area contributed by atoms with Gasteiger partial charge in [0, 0.05) is 38.1 Å². The molecule has 4 aromatic rings. The molecular formula is C39H38N4S. The summed E-state index contributed by atoms with van der Waals surface area (Å²) in [7, 11) is 0. The number of allylic oxidation sites excluding steroid dienone is 5. The second kappa shape index (κ2) is 12.2. The van der Waals surface area contributed by atoms with Gasteiger partial charge in [-0.3, -0.25) is 4.99 Å². The van der Waals surface area contributed by atoms with Gasteiger partial charge in [-0.15, -0.1) is 11.8 Å². The molecule has 0 amide bonds. The van der Waals surface area contributed by atoms with E-state index in [0.29, 0.717) is 0 Å². The molecule has 0 aliphatic carbocycles. The summed E-state index contributed by atoms with van der Waals surface area (Å²) in [5, 5.41) is 2.15. The highest BCUT2D eigenvalue weighted by molar-refractivity contribution is 7.98. The largest absolute Gasteiger partial charge is 0.355 e. The quantitative estimate of drug-likeness (QED) is 0.210. The average molecular weight is 595 g/mol. The molecule has 4 heterocycles. The number of benzene rings is 2. The minimum absolute atomic E-state index is 0.724. The van der Waals surface area contributed by atoms with Crippen molar-refractivity contribution in [1.82, 2.24) is 9.97 Å². The predicted octanol–water partition coefficient (Wildman–Crippen LogP) is 7.87. The van der Waals surface area contributed by atoms with Gasteiger partial charge >= 0.3 is 0 Å². The summed E-state index contributed by atoms with van der Waals surface area (Å²) < 4.78 is 0. The van der Waals surface area contributed by atoms with Crippen molar-refractivity contribution < 1.29 is 0 Å². The number of hydrogen-bond acceptors (Lipinski definition) is 3. The van der Waals surface area contributed by atoms with Gasteiger partial charge < -0.3 is 9.97 Å². The van der Waals surface area contributed by atoms with Gasteiger partial charge in [-0.1, -0.05) is 42.5 Å². The molecule has 2 aliphatic rings. The van der Waals surface area contributed by atoms with Gasteiger partial charge in [-0.25, -0.2) is 4.99 Å². The third kappa shape index (κ3) is 5.68. The van der Waals surface area contributed by atoms with Crippen LogP contribution in [0.3, 0.4) is 0 Å². The maximum absolute atomic E-state index is 4.93. The standard InChI is InChI=1S/C39H38N4S/c1-23-21-24(2)38(25(3)22-23)39(36-9-8-20-40-36)37-19-18-35(43-37)28(6)34-17-16-33(42-34)27(5)32-15-14-31(41-32)26(4)29-10-12-30(44-7)13-11-29/h8-19,21-22,42-43H,4,20H2,1-3,5-7H3/b32-27?,35-28-,39-37+. The van der Waals surface area contributed by atoms with Crippen molar-refractivity contribution in [3.8, 4) is 0 Å². The highest BCUT2D eigenvalue weighted by Gasteiger charge is 2.17. The molecule has 0 saturated carbocycles. The van der Waals surface area contributed by atoms with Crippen LogP contribution in [-0.2, 0) is 0 Å². The fourth-order valence-corrected chi connectivity index (χ4v) is 6.47. The van der Waals surface area contributed by atoms with E-state index in [9.17, 15) is 0 Å². The number of H-pyrrole nitrogens is 2. The van der Waals surface area contributed by atoms with Crippen molar-refractivity contribution >= 4 is 45.5 Å². The van der Waals surface area contributed by atoms with Crippen LogP contribution < -0.4 is 10.7 Å². The summed E-state index contributed by atoms with van der Waals surface area (Å²) in [5.41, 5.74) is 15.5. The minimum atomic E-state index is 0.724. The second-order valence-corrected chi connectivity index (χ2v) is 12.4. The van der Waals surface area contributed by atoms with Crippen LogP contribution in [0.25, 0.3) is 22.3 Å². The lowest BCUT2D eigenvalue weighted by molar-refractivity contribution is 1.21. The zero-order chi connectivity index (χ0) is 31.0. The Morgan fingerprint density at radius 2 is 1.45 bits per heavy atom. The van der Waals surface area contributed by atoms with Crippen LogP contribution in [0.4, 0.5) is 0 Å². The van der Waals surface area contributed by atoms with Crippen molar-refractivity contribution in [3.05, 3.63) is 147 Å². The second-order valence-electron chi connectivity index (χ2n) is 11.5. The molecule has 2 N–H and O–H groups in total. The molecule has 6 rings (SSSR count). The lowest BCUT2D eigenvalue weighted by Gasteiger charge is -2.14. The Hall–Kier alpha value is -4.61. The Morgan fingerprint density at radius 3 is 2.11 bits per heavy atom. The molecular weight excluding hydrogens is 557 g/mol. The van der Waals surface area contributed by atoms with Gasteiger partial charge in [0.1, 0.15) is 0 Å². The lowest BCUT2D eigenvalue weighted by Crippen LogP contribution is -2.20. The van der Waals surface area contributed by atoms with E-state index in [2.05, 4.69) is 142 Å². The van der Waals surface area contributed by atoms with Crippen molar-refractivity contribution in [3.63, 3.8) is 0 Å². The zero-order valence-electron chi connectivity index (χ0n) is 26.3. The van der Waals surface area contributed by atoms with Gasteiger partial charge in [0.05, 0.1) is 23.7 Å². The van der Waals surface area contributed by atoms with E-state index >= 15 is 0 Å². The van der Waals surface area contributed by atoms with Gasteiger partial charge in [-0.2, -0.15) is 0 Å². The van der Waals surface area contributed by atoms with E-state index in [1.807, 2.05) is 0 Å². The number of rotatable bonds is 7. The molecule has 0 atom stereocenters. The predicted molar refractivity (Wildman–Crippen MR) is 190 cm³/mol. The summed E-state index contributed by atoms with van der Waals surface area (Å²) in [6.45, 7) is 15.9. The number of nitrogens with one attached hydrogen (secondary N) is 2. The molecule has 0 fully saturated rings. The summed E-state index contributed by atoms with van der Waals surface area (Å²) in [6, 6.07) is 21.6. The van der Waals surface area contributed by atoms with Crippen molar-refractivity contribution in [2.45, 2.75) is 39.5 Å². The fourth-order valence-electron chi connectivity index (χ4n) is 6.06. The van der Waals surface area contributed by atoms with Gasteiger partial charge in [0.25, 0.3) is 0 Å². The van der Waals surface area contributed by atoms with Crippen LogP contribution in [0.15, 0.2) is 112 Å². The van der Waals surface area contributed by atoms with Crippen molar-refractivity contribution in [1.29, 1.82) is 0 Å². The molecule has 0 unspecified atom stereocenters. The van der Waals surface area contributed by atoms with Crippen LogP contribution in [0, 0.1) is 20.8 Å². The topological polar surface area (TPSA) is 56.3 Å². The number of aliphatic imine (C=N–C) groups is 2. The van der Waals surface area contributed by atoms with Crippen LogP contribution in [0.2, 0.25) is 0 Å². The van der Waals surface area contributed by atoms with Crippen LogP contribution in [-0.4, -0.2) is 34.2 Å². The van der Waals surface area contributed by atoms with E-state index in [0.717, 1.165) is 73.6 Å². The summed E-state index contributed by atoms with van der Waals surface area (Å²) >= 11 is 1.74. The molecule has 0 radical (unpaired) electrons. The smallest absolute Gasteiger partial charge is 0.0710 e. The first-order valence-corrected chi connectivity index (χ1v) is 16.2. The van der Waals surface area contributed by atoms with Gasteiger partial charge in [0.2, 0.25) is 0 Å². The fraction of sp³-hybridized carbons (Fsp3) is 0.179. The number of nitrogens with zero attached hydrogens (tertiary/aromatic N) is 2. The lowest BCUT2D eigenvalue weighted by atomic mass is 9.91. The highest BCUT2D eigenvalue weighted by atomic mass is 32.2. The first-order valence-electron chi connectivity index (χ1n) is 14.9. The Balaban J connectivity index is 1.34. The Morgan fingerprint density at radius 1 is 0.773 bits per heavy atom. The molecule has 5 heteroatoms. The number of aromatic nitrogens is 2. The van der Waals surface area contributed by atoms with Gasteiger partial charge in [0.15, 0.2) is 0 Å². The van der Waals surface area contributed by atoms with E-state index in [4.69, 9.17) is 9.98 Å². The number of aromatic amines is 2. The molecule has 2 aromatic carbocycles. The molecule has 4 nitrogen and oxygen atoms in total. The SMILES string of the molecule is C=C(C1=NC(=C(C)c2ccc(/C(C)=c3/cc/c(=C(/C4=NCC=C4)c4c(C)cc(C)cc4C)[nH]3)[nH]2)C=C1)c1ccc(SC)cc1.